The minimum absolute atomic E-state index is 0.0466. The maximum atomic E-state index is 12.8. The highest BCUT2D eigenvalue weighted by atomic mass is 16.2. The summed E-state index contributed by atoms with van der Waals surface area (Å²) < 4.78 is 1.16. The van der Waals surface area contributed by atoms with Crippen molar-refractivity contribution in [1.82, 2.24) is 24.5 Å². The van der Waals surface area contributed by atoms with Gasteiger partial charge in [-0.3, -0.25) is 14.4 Å². The third kappa shape index (κ3) is 2.57. The van der Waals surface area contributed by atoms with Crippen LogP contribution in [0, 0.1) is 0 Å². The summed E-state index contributed by atoms with van der Waals surface area (Å²) in [5, 5.41) is 6.26. The Morgan fingerprint density at radius 3 is 2.78 bits per heavy atom. The molecule has 1 fully saturated rings. The lowest BCUT2D eigenvalue weighted by Gasteiger charge is -2.29. The number of fused-ring (bicyclic) bond motifs is 1. The predicted octanol–water partition coefficient (Wildman–Crippen LogP) is -1.78. The summed E-state index contributed by atoms with van der Waals surface area (Å²) in [7, 11) is 0. The number of nitrogens with one attached hydrogen (secondary N) is 1. The van der Waals surface area contributed by atoms with E-state index in [4.69, 9.17) is 11.5 Å². The number of nitrogens with two attached hydrogens (primary N) is 2. The Labute approximate surface area is 130 Å². The topological polar surface area (TPSA) is 152 Å². The van der Waals surface area contributed by atoms with Crippen LogP contribution in [-0.4, -0.2) is 54.9 Å². The molecule has 10 nitrogen and oxygen atoms in total. The Balaban J connectivity index is 1.99. The van der Waals surface area contributed by atoms with E-state index in [9.17, 15) is 14.4 Å². The number of aromatic amines is 1. The Kier molecular flexibility index (Phi) is 3.82. The van der Waals surface area contributed by atoms with Crippen molar-refractivity contribution in [3.8, 4) is 0 Å². The molecule has 3 rings (SSSR count). The van der Waals surface area contributed by atoms with E-state index in [1.807, 2.05) is 0 Å². The first kappa shape index (κ1) is 15.2. The van der Waals surface area contributed by atoms with Crippen LogP contribution in [0.25, 0.3) is 5.78 Å². The van der Waals surface area contributed by atoms with Crippen molar-refractivity contribution in [2.45, 2.75) is 31.3 Å². The number of likely N-dealkylation sites (tertiary alicyclic amines) is 1. The third-order valence-corrected chi connectivity index (χ3v) is 4.12. The predicted molar refractivity (Wildman–Crippen MR) is 79.5 cm³/mol. The van der Waals surface area contributed by atoms with E-state index in [1.165, 1.54) is 17.4 Å². The van der Waals surface area contributed by atoms with Crippen molar-refractivity contribution >= 4 is 17.6 Å². The number of aromatic nitrogens is 4. The molecule has 1 aliphatic heterocycles. The number of carbonyl (C=O) groups excluding carboxylic acids is 2. The number of hydrogen-bond donors (Lipinski definition) is 3. The summed E-state index contributed by atoms with van der Waals surface area (Å²) in [6, 6.07) is -0.575. The normalized spacial score (nSPS) is 21.0. The van der Waals surface area contributed by atoms with Gasteiger partial charge in [0.1, 0.15) is 11.9 Å². The molecule has 0 bridgehead atoms. The van der Waals surface area contributed by atoms with Gasteiger partial charge in [0.25, 0.3) is 11.5 Å². The van der Waals surface area contributed by atoms with Crippen LogP contribution in [0.15, 0.2) is 17.3 Å². The Hall–Kier alpha value is -2.75. The van der Waals surface area contributed by atoms with Crippen molar-refractivity contribution in [2.24, 2.45) is 11.5 Å². The second-order valence-electron chi connectivity index (χ2n) is 5.53. The third-order valence-electron chi connectivity index (χ3n) is 4.12. The SMILES string of the molecule is NC[C@@H]1CC[C@H](CC(N)=O)N1C(=O)c1cnc2[nH]ncn2c1=O. The Morgan fingerprint density at radius 1 is 1.35 bits per heavy atom. The number of carbonyl (C=O) groups is 2. The Bertz CT molecular complexity index is 811. The molecular formula is C13H17N7O3. The van der Waals surface area contributed by atoms with Crippen molar-refractivity contribution in [1.29, 1.82) is 0 Å². The summed E-state index contributed by atoms with van der Waals surface area (Å²) in [5.74, 6) is -0.736. The van der Waals surface area contributed by atoms with Crippen LogP contribution in [0.2, 0.25) is 0 Å². The smallest absolute Gasteiger partial charge is 0.273 e. The molecule has 122 valence electrons. The van der Waals surface area contributed by atoms with Gasteiger partial charge >= 0.3 is 0 Å². The van der Waals surface area contributed by atoms with Crippen molar-refractivity contribution in [2.75, 3.05) is 6.54 Å². The van der Waals surface area contributed by atoms with Crippen LogP contribution in [0.5, 0.6) is 0 Å². The number of amides is 2. The van der Waals surface area contributed by atoms with Gasteiger partial charge in [-0.1, -0.05) is 0 Å². The fourth-order valence-corrected chi connectivity index (χ4v) is 3.05. The standard InChI is InChI=1S/C13H17N7O3/c14-4-8-2-1-7(3-10(15)21)20(8)12(23)9-5-16-13-18-17-6-19(13)11(9)22/h5-8H,1-4,14H2,(H2,15,21)(H,16,18)/t7-,8+/m1/s1. The lowest BCUT2D eigenvalue weighted by atomic mass is 10.1. The molecule has 0 aliphatic carbocycles. The van der Waals surface area contributed by atoms with Crippen LogP contribution in [-0.2, 0) is 4.79 Å². The van der Waals surface area contributed by atoms with E-state index in [1.54, 1.807) is 0 Å². The molecule has 1 saturated heterocycles. The van der Waals surface area contributed by atoms with Gasteiger partial charge in [0, 0.05) is 31.2 Å². The molecule has 2 aromatic heterocycles. The van der Waals surface area contributed by atoms with Gasteiger partial charge in [-0.15, -0.1) is 0 Å². The minimum Gasteiger partial charge on any atom is -0.370 e. The van der Waals surface area contributed by atoms with E-state index in [-0.39, 0.29) is 36.4 Å². The lowest BCUT2D eigenvalue weighted by Crippen LogP contribution is -2.47. The zero-order valence-corrected chi connectivity index (χ0v) is 12.3. The first-order valence-electron chi connectivity index (χ1n) is 7.24. The highest BCUT2D eigenvalue weighted by Gasteiger charge is 2.38. The summed E-state index contributed by atoms with van der Waals surface area (Å²) in [6.45, 7) is 0.254. The quantitative estimate of drug-likeness (QED) is 0.606. The zero-order chi connectivity index (χ0) is 16.6. The molecule has 3 heterocycles. The molecule has 2 atom stereocenters. The monoisotopic (exact) mass is 319 g/mol. The van der Waals surface area contributed by atoms with Gasteiger partial charge < -0.3 is 16.4 Å². The summed E-state index contributed by atoms with van der Waals surface area (Å²) in [6.07, 6.45) is 3.81. The van der Waals surface area contributed by atoms with E-state index in [2.05, 4.69) is 15.2 Å². The molecule has 0 radical (unpaired) electrons. The molecular weight excluding hydrogens is 302 g/mol. The van der Waals surface area contributed by atoms with E-state index in [0.29, 0.717) is 12.8 Å². The number of rotatable bonds is 4. The van der Waals surface area contributed by atoms with Crippen LogP contribution in [0.3, 0.4) is 0 Å². The highest BCUT2D eigenvalue weighted by molar-refractivity contribution is 5.94. The van der Waals surface area contributed by atoms with Gasteiger partial charge in [-0.2, -0.15) is 5.10 Å². The molecule has 0 spiro atoms. The van der Waals surface area contributed by atoms with Crippen molar-refractivity contribution in [3.05, 3.63) is 28.4 Å². The molecule has 0 aromatic carbocycles. The molecule has 0 unspecified atom stereocenters. The highest BCUT2D eigenvalue weighted by Crippen LogP contribution is 2.27. The van der Waals surface area contributed by atoms with Gasteiger partial charge in [0.2, 0.25) is 11.7 Å². The van der Waals surface area contributed by atoms with Gasteiger partial charge in [0.15, 0.2) is 0 Å². The fraction of sp³-hybridized carbons (Fsp3) is 0.462. The minimum atomic E-state index is -0.519. The van der Waals surface area contributed by atoms with Gasteiger partial charge in [-0.25, -0.2) is 14.5 Å². The molecule has 2 amide bonds. The molecule has 0 saturated carbocycles. The van der Waals surface area contributed by atoms with E-state index < -0.39 is 17.4 Å². The molecule has 10 heteroatoms. The van der Waals surface area contributed by atoms with Gasteiger partial charge in [0.05, 0.1) is 0 Å². The van der Waals surface area contributed by atoms with Crippen molar-refractivity contribution in [3.63, 3.8) is 0 Å². The maximum Gasteiger partial charge on any atom is 0.273 e. The van der Waals surface area contributed by atoms with Crippen molar-refractivity contribution < 1.29 is 9.59 Å². The van der Waals surface area contributed by atoms with E-state index in [0.717, 1.165) is 4.40 Å². The number of hydrogen-bond acceptors (Lipinski definition) is 6. The summed E-state index contributed by atoms with van der Waals surface area (Å²) in [4.78, 5) is 42.0. The number of primary amides is 1. The second-order valence-corrected chi connectivity index (χ2v) is 5.53. The summed E-state index contributed by atoms with van der Waals surface area (Å²) in [5.41, 5.74) is 10.4. The summed E-state index contributed by atoms with van der Waals surface area (Å²) >= 11 is 0. The van der Waals surface area contributed by atoms with Crippen LogP contribution in [0.1, 0.15) is 29.6 Å². The fourth-order valence-electron chi connectivity index (χ4n) is 3.05. The largest absolute Gasteiger partial charge is 0.370 e. The zero-order valence-electron chi connectivity index (χ0n) is 12.3. The van der Waals surface area contributed by atoms with Crippen LogP contribution >= 0.6 is 0 Å². The Morgan fingerprint density at radius 2 is 2.09 bits per heavy atom. The molecule has 23 heavy (non-hydrogen) atoms. The average Bonchev–Trinajstić information content (AvgIpc) is 3.13. The maximum absolute atomic E-state index is 12.8. The number of nitrogens with zero attached hydrogens (tertiary/aromatic N) is 4. The first-order valence-corrected chi connectivity index (χ1v) is 7.24. The van der Waals surface area contributed by atoms with Crippen LogP contribution < -0.4 is 17.0 Å². The molecule has 1 aliphatic rings. The van der Waals surface area contributed by atoms with Crippen LogP contribution in [0.4, 0.5) is 0 Å². The second kappa shape index (κ2) is 5.80. The first-order chi connectivity index (χ1) is 11.0. The lowest BCUT2D eigenvalue weighted by molar-refractivity contribution is -0.118. The molecule has 2 aromatic rings. The van der Waals surface area contributed by atoms with Gasteiger partial charge in [-0.05, 0) is 12.8 Å². The number of H-pyrrole nitrogens is 1. The van der Waals surface area contributed by atoms with E-state index >= 15 is 0 Å². The average molecular weight is 319 g/mol. The molecule has 5 N–H and O–H groups in total.